The molecule has 1 heterocycles. The lowest BCUT2D eigenvalue weighted by Crippen LogP contribution is -2.38. The molecule has 2 rings (SSSR count). The summed E-state index contributed by atoms with van der Waals surface area (Å²) in [5, 5.41) is 0. The summed E-state index contributed by atoms with van der Waals surface area (Å²) in [7, 11) is 0. The molecular weight excluding hydrogens is 194 g/mol. The second kappa shape index (κ2) is 4.58. The molecule has 1 aliphatic heterocycles. The van der Waals surface area contributed by atoms with Crippen LogP contribution in [-0.4, -0.2) is 19.8 Å². The molecule has 2 nitrogen and oxygen atoms in total. The van der Waals surface area contributed by atoms with Crippen LogP contribution in [0.1, 0.15) is 23.2 Å². The highest BCUT2D eigenvalue weighted by Gasteiger charge is 2.24. The van der Waals surface area contributed by atoms with E-state index < -0.39 is 0 Å². The number of benzene rings is 1. The number of hydrogen-bond donors (Lipinski definition) is 0. The van der Waals surface area contributed by atoms with Gasteiger partial charge in [0.05, 0.1) is 0 Å². The fourth-order valence-corrected chi connectivity index (χ4v) is 1.93. The molecule has 0 aromatic heterocycles. The molecule has 1 aliphatic rings. The minimum absolute atomic E-state index is 0.0421. The van der Waals surface area contributed by atoms with Gasteiger partial charge in [-0.25, -0.2) is 4.39 Å². The Morgan fingerprint density at radius 2 is 2.27 bits per heavy atom. The first-order valence-electron chi connectivity index (χ1n) is 5.17. The van der Waals surface area contributed by atoms with Crippen LogP contribution in [0.4, 0.5) is 4.39 Å². The molecule has 15 heavy (non-hydrogen) atoms. The van der Waals surface area contributed by atoms with E-state index in [-0.39, 0.29) is 12.7 Å². The SMILES string of the molecule is O=Cc1cc(F)ccc1B1CCCCO1. The third-order valence-corrected chi connectivity index (χ3v) is 2.70. The van der Waals surface area contributed by atoms with Crippen molar-refractivity contribution in [3.63, 3.8) is 0 Å². The van der Waals surface area contributed by atoms with Gasteiger partial charge < -0.3 is 4.65 Å². The highest BCUT2D eigenvalue weighted by molar-refractivity contribution is 6.68. The third-order valence-electron chi connectivity index (χ3n) is 2.70. The minimum atomic E-state index is -0.378. The predicted octanol–water partition coefficient (Wildman–Crippen LogP) is 1.65. The van der Waals surface area contributed by atoms with Gasteiger partial charge in [0.15, 0.2) is 0 Å². The Balaban J connectivity index is 2.29. The van der Waals surface area contributed by atoms with Crippen LogP contribution in [0, 0.1) is 5.82 Å². The van der Waals surface area contributed by atoms with E-state index in [2.05, 4.69) is 0 Å². The standard InChI is InChI=1S/C11H12BFO2/c13-10-3-4-11(9(7-10)8-14)12-5-1-2-6-15-12/h3-4,7-8H,1-2,5-6H2. The highest BCUT2D eigenvalue weighted by atomic mass is 19.1. The van der Waals surface area contributed by atoms with Crippen molar-refractivity contribution in [3.8, 4) is 0 Å². The van der Waals surface area contributed by atoms with Crippen LogP contribution in [0.5, 0.6) is 0 Å². The highest BCUT2D eigenvalue weighted by Crippen LogP contribution is 2.12. The summed E-state index contributed by atoms with van der Waals surface area (Å²) in [4.78, 5) is 10.8. The van der Waals surface area contributed by atoms with Crippen molar-refractivity contribution in [1.29, 1.82) is 0 Å². The normalized spacial score (nSPS) is 16.5. The van der Waals surface area contributed by atoms with Gasteiger partial charge in [-0.15, -0.1) is 0 Å². The molecule has 1 aromatic carbocycles. The van der Waals surface area contributed by atoms with Crippen LogP contribution in [0.2, 0.25) is 6.32 Å². The van der Waals surface area contributed by atoms with E-state index in [0.29, 0.717) is 11.8 Å². The van der Waals surface area contributed by atoms with Gasteiger partial charge in [0.1, 0.15) is 12.1 Å². The van der Waals surface area contributed by atoms with E-state index in [1.807, 2.05) is 0 Å². The summed E-state index contributed by atoms with van der Waals surface area (Å²) < 4.78 is 18.5. The summed E-state index contributed by atoms with van der Waals surface area (Å²) in [5.41, 5.74) is 1.22. The number of carbonyl (C=O) groups is 1. The van der Waals surface area contributed by atoms with E-state index in [9.17, 15) is 9.18 Å². The molecule has 1 aromatic rings. The summed E-state index contributed by atoms with van der Waals surface area (Å²) in [6.07, 6.45) is 3.76. The second-order valence-electron chi connectivity index (χ2n) is 3.75. The van der Waals surface area contributed by atoms with Crippen LogP contribution in [0.3, 0.4) is 0 Å². The van der Waals surface area contributed by atoms with Crippen molar-refractivity contribution in [2.24, 2.45) is 0 Å². The van der Waals surface area contributed by atoms with Crippen molar-refractivity contribution in [2.45, 2.75) is 19.2 Å². The van der Waals surface area contributed by atoms with Gasteiger partial charge in [-0.1, -0.05) is 12.5 Å². The van der Waals surface area contributed by atoms with Crippen molar-refractivity contribution < 1.29 is 13.8 Å². The minimum Gasteiger partial charge on any atom is -0.431 e. The third kappa shape index (κ3) is 2.26. The fraction of sp³-hybridized carbons (Fsp3) is 0.364. The van der Waals surface area contributed by atoms with Crippen LogP contribution in [0.25, 0.3) is 0 Å². The van der Waals surface area contributed by atoms with E-state index in [1.54, 1.807) is 6.07 Å². The van der Waals surface area contributed by atoms with Crippen LogP contribution in [-0.2, 0) is 4.65 Å². The number of carbonyl (C=O) groups excluding carboxylic acids is 1. The average molecular weight is 206 g/mol. The fourth-order valence-electron chi connectivity index (χ4n) is 1.93. The first kappa shape index (κ1) is 10.4. The van der Waals surface area contributed by atoms with Gasteiger partial charge >= 0.3 is 6.92 Å². The smallest absolute Gasteiger partial charge is 0.327 e. The summed E-state index contributed by atoms with van der Waals surface area (Å²) in [5.74, 6) is -0.378. The van der Waals surface area contributed by atoms with Crippen molar-refractivity contribution in [1.82, 2.24) is 0 Å². The maximum Gasteiger partial charge on any atom is 0.327 e. The quantitative estimate of drug-likeness (QED) is 0.543. The molecule has 0 bridgehead atoms. The predicted molar refractivity (Wildman–Crippen MR) is 57.2 cm³/mol. The Labute approximate surface area is 88.5 Å². The van der Waals surface area contributed by atoms with Crippen molar-refractivity contribution in [3.05, 3.63) is 29.6 Å². The molecule has 1 fully saturated rings. The largest absolute Gasteiger partial charge is 0.431 e. The summed E-state index contributed by atoms with van der Waals surface area (Å²) in [6, 6.07) is 4.29. The Morgan fingerprint density at radius 3 is 2.93 bits per heavy atom. The molecule has 1 saturated heterocycles. The number of hydrogen-bond acceptors (Lipinski definition) is 2. The van der Waals surface area contributed by atoms with E-state index in [1.165, 1.54) is 12.1 Å². The second-order valence-corrected chi connectivity index (χ2v) is 3.75. The molecule has 0 unspecified atom stereocenters. The molecular formula is C11H12BFO2. The molecule has 0 atom stereocenters. The van der Waals surface area contributed by atoms with Crippen LogP contribution >= 0.6 is 0 Å². The lowest BCUT2D eigenvalue weighted by atomic mass is 9.55. The lowest BCUT2D eigenvalue weighted by molar-refractivity contribution is 0.112. The van der Waals surface area contributed by atoms with E-state index in [0.717, 1.165) is 31.2 Å². The molecule has 0 radical (unpaired) electrons. The lowest BCUT2D eigenvalue weighted by Gasteiger charge is -2.20. The molecule has 0 amide bonds. The molecule has 4 heteroatoms. The maximum atomic E-state index is 12.9. The van der Waals surface area contributed by atoms with Gasteiger partial charge in [0.25, 0.3) is 0 Å². The zero-order valence-electron chi connectivity index (χ0n) is 8.41. The molecule has 0 saturated carbocycles. The molecule has 0 aliphatic carbocycles. The van der Waals surface area contributed by atoms with Crippen molar-refractivity contribution in [2.75, 3.05) is 6.61 Å². The molecule has 0 spiro atoms. The molecule has 78 valence electrons. The topological polar surface area (TPSA) is 26.3 Å². The number of rotatable bonds is 2. The van der Waals surface area contributed by atoms with Gasteiger partial charge in [-0.05, 0) is 30.3 Å². The first-order chi connectivity index (χ1) is 7.31. The van der Waals surface area contributed by atoms with E-state index in [4.69, 9.17) is 4.65 Å². The van der Waals surface area contributed by atoms with Crippen LogP contribution in [0.15, 0.2) is 18.2 Å². The Hall–Kier alpha value is -1.16. The van der Waals surface area contributed by atoms with Gasteiger partial charge in [-0.3, -0.25) is 4.79 Å². The maximum absolute atomic E-state index is 12.9. The number of halogens is 1. The van der Waals surface area contributed by atoms with Gasteiger partial charge in [0, 0.05) is 12.2 Å². The Kier molecular flexibility index (Phi) is 3.16. The zero-order chi connectivity index (χ0) is 10.7. The van der Waals surface area contributed by atoms with Crippen LogP contribution < -0.4 is 5.46 Å². The number of aldehydes is 1. The summed E-state index contributed by atoms with van der Waals surface area (Å²) in [6.45, 7) is 0.680. The zero-order valence-corrected chi connectivity index (χ0v) is 8.41. The Bertz CT molecular complexity index is 362. The summed E-state index contributed by atoms with van der Waals surface area (Å²) >= 11 is 0. The monoisotopic (exact) mass is 206 g/mol. The average Bonchev–Trinajstić information content (AvgIpc) is 2.30. The van der Waals surface area contributed by atoms with Crippen molar-refractivity contribution >= 4 is 18.7 Å². The van der Waals surface area contributed by atoms with E-state index >= 15 is 0 Å². The Morgan fingerprint density at radius 1 is 1.40 bits per heavy atom. The molecule has 0 N–H and O–H groups in total. The van der Waals surface area contributed by atoms with Gasteiger partial charge in [0.2, 0.25) is 0 Å². The first-order valence-corrected chi connectivity index (χ1v) is 5.17. The van der Waals surface area contributed by atoms with Gasteiger partial charge in [-0.2, -0.15) is 0 Å².